The first-order chi connectivity index (χ1) is 14.4. The van der Waals surface area contributed by atoms with Crippen LogP contribution in [0.25, 0.3) is 0 Å². The monoisotopic (exact) mass is 418 g/mol. The number of amides is 1. The van der Waals surface area contributed by atoms with Crippen molar-refractivity contribution in [2.45, 2.75) is 57.3 Å². The molecule has 1 aromatic carbocycles. The molecule has 0 aliphatic carbocycles. The lowest BCUT2D eigenvalue weighted by Crippen LogP contribution is -2.55. The van der Waals surface area contributed by atoms with Gasteiger partial charge in [-0.05, 0) is 38.7 Å². The van der Waals surface area contributed by atoms with Crippen molar-refractivity contribution in [3.8, 4) is 0 Å². The molecule has 0 saturated carbocycles. The van der Waals surface area contributed by atoms with E-state index in [-0.39, 0.29) is 24.5 Å². The van der Waals surface area contributed by atoms with Gasteiger partial charge in [-0.1, -0.05) is 30.3 Å². The first-order valence-corrected chi connectivity index (χ1v) is 10.5. The molecule has 30 heavy (non-hydrogen) atoms. The zero-order valence-corrected chi connectivity index (χ0v) is 17.5. The van der Waals surface area contributed by atoms with Crippen LogP contribution in [0.4, 0.5) is 0 Å². The van der Waals surface area contributed by atoms with Crippen LogP contribution in [-0.4, -0.2) is 71.8 Å². The van der Waals surface area contributed by atoms with Gasteiger partial charge < -0.3 is 19.5 Å². The molecule has 3 rings (SSSR count). The van der Waals surface area contributed by atoms with Crippen molar-refractivity contribution in [1.82, 2.24) is 10.2 Å². The smallest absolute Gasteiger partial charge is 0.326 e. The van der Waals surface area contributed by atoms with E-state index in [0.717, 1.165) is 5.56 Å². The summed E-state index contributed by atoms with van der Waals surface area (Å²) >= 11 is 0. The average molecular weight is 418 g/mol. The van der Waals surface area contributed by atoms with Crippen molar-refractivity contribution >= 4 is 17.8 Å². The molecule has 2 N–H and O–H groups in total. The second-order valence-electron chi connectivity index (χ2n) is 7.92. The summed E-state index contributed by atoms with van der Waals surface area (Å²) in [7, 11) is 0. The van der Waals surface area contributed by atoms with E-state index in [1.165, 1.54) is 4.90 Å². The summed E-state index contributed by atoms with van der Waals surface area (Å²) in [5.74, 6) is -1.70. The number of benzene rings is 1. The third kappa shape index (κ3) is 4.99. The fourth-order valence-corrected chi connectivity index (χ4v) is 4.35. The Morgan fingerprint density at radius 3 is 2.67 bits per heavy atom. The Morgan fingerprint density at radius 2 is 2.00 bits per heavy atom. The number of fused-ring (bicyclic) bond motifs is 1. The number of carboxylic acids is 1. The quantitative estimate of drug-likeness (QED) is 0.581. The van der Waals surface area contributed by atoms with Gasteiger partial charge in [-0.2, -0.15) is 0 Å². The molecule has 164 valence electrons. The van der Waals surface area contributed by atoms with Crippen molar-refractivity contribution in [3.63, 3.8) is 0 Å². The van der Waals surface area contributed by atoms with E-state index >= 15 is 0 Å². The molecule has 1 aromatic rings. The normalized spacial score (nSPS) is 24.9. The van der Waals surface area contributed by atoms with Crippen LogP contribution in [0.5, 0.6) is 0 Å². The van der Waals surface area contributed by atoms with Crippen molar-refractivity contribution in [1.29, 1.82) is 0 Å². The third-order valence-electron chi connectivity index (χ3n) is 5.88. The van der Waals surface area contributed by atoms with Gasteiger partial charge in [0.2, 0.25) is 5.91 Å². The fraction of sp³-hybridized carbons (Fsp3) is 0.591. The summed E-state index contributed by atoms with van der Waals surface area (Å²) in [6, 6.07) is 7.31. The van der Waals surface area contributed by atoms with Crippen LogP contribution < -0.4 is 5.32 Å². The van der Waals surface area contributed by atoms with Gasteiger partial charge >= 0.3 is 11.9 Å². The summed E-state index contributed by atoms with van der Waals surface area (Å²) in [5, 5.41) is 12.7. The van der Waals surface area contributed by atoms with Crippen molar-refractivity contribution in [2.24, 2.45) is 5.92 Å². The maximum absolute atomic E-state index is 13.2. The number of nitrogens with one attached hydrogen (secondary N) is 1. The molecule has 2 saturated heterocycles. The van der Waals surface area contributed by atoms with Crippen LogP contribution in [-0.2, 0) is 30.3 Å². The molecule has 0 radical (unpaired) electrons. The minimum atomic E-state index is -1.00. The topological polar surface area (TPSA) is 105 Å². The Kier molecular flexibility index (Phi) is 7.44. The number of nitrogens with zero attached hydrogens (tertiary/aromatic N) is 1. The van der Waals surface area contributed by atoms with E-state index in [1.807, 2.05) is 30.3 Å². The summed E-state index contributed by atoms with van der Waals surface area (Å²) in [5.41, 5.74) is 1.09. The highest BCUT2D eigenvalue weighted by Crippen LogP contribution is 2.35. The molecule has 8 heteroatoms. The van der Waals surface area contributed by atoms with E-state index in [2.05, 4.69) is 5.32 Å². The van der Waals surface area contributed by atoms with Crippen LogP contribution >= 0.6 is 0 Å². The minimum Gasteiger partial charge on any atom is -0.480 e. The largest absolute Gasteiger partial charge is 0.480 e. The van der Waals surface area contributed by atoms with E-state index in [1.54, 1.807) is 13.8 Å². The maximum atomic E-state index is 13.2. The standard InChI is InChI=1S/C22H30N2O6/c1-3-30-22(28)17(10-9-15-7-5-4-6-8-15)23-14(2)20(25)24-18(21(26)27)11-16-12-29-13-19(16)24/h4-8,14,16-19,23H,3,9-13H2,1-2H3,(H,26,27)/t14-,16?,17?,18-,19?/m0/s1. The van der Waals surface area contributed by atoms with Crippen molar-refractivity contribution < 1.29 is 29.0 Å². The predicted molar refractivity (Wildman–Crippen MR) is 109 cm³/mol. The van der Waals surface area contributed by atoms with Crippen molar-refractivity contribution in [3.05, 3.63) is 35.9 Å². The molecule has 2 aliphatic rings. The Labute approximate surface area is 176 Å². The molecular weight excluding hydrogens is 388 g/mol. The second-order valence-corrected chi connectivity index (χ2v) is 7.92. The van der Waals surface area contributed by atoms with E-state index in [9.17, 15) is 19.5 Å². The number of esters is 1. The first-order valence-electron chi connectivity index (χ1n) is 10.5. The lowest BCUT2D eigenvalue weighted by Gasteiger charge is -2.31. The summed E-state index contributed by atoms with van der Waals surface area (Å²) in [4.78, 5) is 38.8. The van der Waals surface area contributed by atoms with Crippen LogP contribution in [0.2, 0.25) is 0 Å². The zero-order valence-electron chi connectivity index (χ0n) is 17.5. The molecule has 2 aliphatic heterocycles. The highest BCUT2D eigenvalue weighted by atomic mass is 16.5. The molecule has 8 nitrogen and oxygen atoms in total. The Bertz CT molecular complexity index is 755. The number of hydrogen-bond donors (Lipinski definition) is 2. The molecule has 5 atom stereocenters. The first kappa shape index (κ1) is 22.2. The predicted octanol–water partition coefficient (Wildman–Crippen LogP) is 1.23. The molecular formula is C22H30N2O6. The van der Waals surface area contributed by atoms with Crippen molar-refractivity contribution in [2.75, 3.05) is 19.8 Å². The minimum absolute atomic E-state index is 0.0428. The van der Waals surface area contributed by atoms with E-state index in [4.69, 9.17) is 9.47 Å². The molecule has 0 bridgehead atoms. The SMILES string of the molecule is CCOC(=O)C(CCc1ccccc1)N[C@@H](C)C(=O)N1C2COCC2C[C@H]1C(=O)O. The van der Waals surface area contributed by atoms with Crippen LogP contribution in [0.3, 0.4) is 0 Å². The number of ether oxygens (including phenoxy) is 2. The molecule has 0 aromatic heterocycles. The molecule has 2 fully saturated rings. The number of aryl methyl sites for hydroxylation is 1. The lowest BCUT2D eigenvalue weighted by atomic mass is 10.0. The highest BCUT2D eigenvalue weighted by Gasteiger charge is 2.50. The molecule has 1 amide bonds. The van der Waals surface area contributed by atoms with Gasteiger partial charge in [0.15, 0.2) is 0 Å². The van der Waals surface area contributed by atoms with Crippen LogP contribution in [0.1, 0.15) is 32.3 Å². The highest BCUT2D eigenvalue weighted by molar-refractivity contribution is 5.88. The molecule has 3 unspecified atom stereocenters. The summed E-state index contributed by atoms with van der Waals surface area (Å²) in [6.07, 6.45) is 1.52. The number of carboxylic acid groups (broad SMARTS) is 1. The fourth-order valence-electron chi connectivity index (χ4n) is 4.35. The Morgan fingerprint density at radius 1 is 1.27 bits per heavy atom. The lowest BCUT2D eigenvalue weighted by molar-refractivity contribution is -0.152. The summed E-state index contributed by atoms with van der Waals surface area (Å²) < 4.78 is 10.6. The number of carbonyl (C=O) groups excluding carboxylic acids is 2. The van der Waals surface area contributed by atoms with Gasteiger partial charge in [0.05, 0.1) is 31.9 Å². The number of hydrogen-bond acceptors (Lipinski definition) is 6. The number of carbonyl (C=O) groups is 3. The second kappa shape index (κ2) is 10.0. The Balaban J connectivity index is 1.68. The van der Waals surface area contributed by atoms with Crippen LogP contribution in [0.15, 0.2) is 30.3 Å². The average Bonchev–Trinajstić information content (AvgIpc) is 3.32. The van der Waals surface area contributed by atoms with Gasteiger partial charge in [-0.15, -0.1) is 0 Å². The van der Waals surface area contributed by atoms with Gasteiger partial charge in [-0.25, -0.2) is 4.79 Å². The molecule has 0 spiro atoms. The van der Waals surface area contributed by atoms with Crippen LogP contribution in [0, 0.1) is 5.92 Å². The van der Waals surface area contributed by atoms with E-state index in [0.29, 0.717) is 32.5 Å². The van der Waals surface area contributed by atoms with Gasteiger partial charge in [0.1, 0.15) is 12.1 Å². The van der Waals surface area contributed by atoms with Gasteiger partial charge in [0.25, 0.3) is 0 Å². The summed E-state index contributed by atoms with van der Waals surface area (Å²) in [6.45, 7) is 4.48. The molecule has 2 heterocycles. The van der Waals surface area contributed by atoms with E-state index < -0.39 is 30.1 Å². The maximum Gasteiger partial charge on any atom is 0.326 e. The number of likely N-dealkylation sites (tertiary alicyclic amines) is 1. The Hall–Kier alpha value is -2.45. The van der Waals surface area contributed by atoms with Gasteiger partial charge in [0, 0.05) is 5.92 Å². The number of rotatable bonds is 9. The van der Waals surface area contributed by atoms with Gasteiger partial charge in [-0.3, -0.25) is 14.9 Å². The number of aliphatic carboxylic acids is 1. The zero-order chi connectivity index (χ0) is 21.7. The third-order valence-corrected chi connectivity index (χ3v) is 5.88.